The molecule has 1 rings (SSSR count). The van der Waals surface area contributed by atoms with E-state index in [1.165, 1.54) is 7.11 Å². The van der Waals surface area contributed by atoms with Gasteiger partial charge in [-0.1, -0.05) is 0 Å². The minimum atomic E-state index is 0.0136. The van der Waals surface area contributed by atoms with Gasteiger partial charge in [-0.3, -0.25) is 0 Å². The topological polar surface area (TPSA) is 49.1 Å². The molecule has 72 valence electrons. The molecule has 4 nitrogen and oxygen atoms in total. The van der Waals surface area contributed by atoms with Crippen molar-refractivity contribution in [3.8, 4) is 5.88 Å². The van der Waals surface area contributed by atoms with Crippen LogP contribution in [0.15, 0.2) is 0 Å². The van der Waals surface area contributed by atoms with Gasteiger partial charge in [-0.2, -0.15) is 4.73 Å². The van der Waals surface area contributed by atoms with Crippen LogP contribution in [-0.2, 0) is 5.88 Å². The summed E-state index contributed by atoms with van der Waals surface area (Å²) in [6, 6.07) is 0. The van der Waals surface area contributed by atoms with Gasteiger partial charge in [0.25, 0.3) is 11.6 Å². The van der Waals surface area contributed by atoms with E-state index in [0.717, 1.165) is 0 Å². The van der Waals surface area contributed by atoms with Gasteiger partial charge in [-0.25, -0.2) is 4.98 Å². The summed E-state index contributed by atoms with van der Waals surface area (Å²) in [6.07, 6.45) is 0. The quantitative estimate of drug-likeness (QED) is 0.432. The summed E-state index contributed by atoms with van der Waals surface area (Å²) >= 11 is 11.2. The molecule has 0 saturated heterocycles. The van der Waals surface area contributed by atoms with E-state index < -0.39 is 0 Å². The van der Waals surface area contributed by atoms with Crippen molar-refractivity contribution in [3.05, 3.63) is 21.7 Å². The van der Waals surface area contributed by atoms with E-state index in [-0.39, 0.29) is 22.6 Å². The van der Waals surface area contributed by atoms with E-state index in [1.54, 1.807) is 6.92 Å². The second-order valence-electron chi connectivity index (χ2n) is 2.37. The molecule has 0 amide bonds. The molecule has 6 heteroatoms. The van der Waals surface area contributed by atoms with Gasteiger partial charge in [-0.15, -0.1) is 11.6 Å². The molecule has 0 aliphatic carbocycles. The summed E-state index contributed by atoms with van der Waals surface area (Å²) in [7, 11) is 1.42. The van der Waals surface area contributed by atoms with Crippen molar-refractivity contribution in [1.82, 2.24) is 4.98 Å². The van der Waals surface area contributed by atoms with Crippen LogP contribution in [0.3, 0.4) is 0 Å². The second kappa shape index (κ2) is 3.98. The Morgan fingerprint density at radius 2 is 2.23 bits per heavy atom. The standard InChI is InChI=1S/C7H8Cl2N2O2/c1-4-6(9)11(12)5(3-8)7(10-4)13-2/h3H2,1-2H3. The molecule has 1 aromatic rings. The molecule has 0 bridgehead atoms. The minimum Gasteiger partial charge on any atom is -0.617 e. The van der Waals surface area contributed by atoms with Crippen molar-refractivity contribution in [2.75, 3.05) is 7.11 Å². The highest BCUT2D eigenvalue weighted by Gasteiger charge is 2.20. The maximum Gasteiger partial charge on any atom is 0.308 e. The number of rotatable bonds is 2. The molecule has 0 radical (unpaired) electrons. The Kier molecular flexibility index (Phi) is 3.17. The highest BCUT2D eigenvalue weighted by atomic mass is 35.5. The van der Waals surface area contributed by atoms with Crippen LogP contribution in [0.4, 0.5) is 0 Å². The third kappa shape index (κ3) is 1.78. The largest absolute Gasteiger partial charge is 0.617 e. The van der Waals surface area contributed by atoms with Gasteiger partial charge in [-0.05, 0) is 18.5 Å². The molecule has 0 N–H and O–H groups in total. The number of aromatic nitrogens is 2. The van der Waals surface area contributed by atoms with Gasteiger partial charge in [0.15, 0.2) is 0 Å². The van der Waals surface area contributed by atoms with Gasteiger partial charge < -0.3 is 9.94 Å². The van der Waals surface area contributed by atoms with E-state index in [1.807, 2.05) is 0 Å². The SMILES string of the molecule is COc1nc(C)c(Cl)[n+]([O-])c1CCl. The minimum absolute atomic E-state index is 0.0136. The van der Waals surface area contributed by atoms with Crippen LogP contribution in [-0.4, -0.2) is 12.1 Å². The van der Waals surface area contributed by atoms with Crippen molar-refractivity contribution in [2.45, 2.75) is 12.8 Å². The van der Waals surface area contributed by atoms with Crippen LogP contribution in [0.1, 0.15) is 11.4 Å². The molecule has 0 saturated carbocycles. The van der Waals surface area contributed by atoms with Crippen molar-refractivity contribution in [3.63, 3.8) is 0 Å². The van der Waals surface area contributed by atoms with Crippen LogP contribution in [0.5, 0.6) is 5.88 Å². The molecule has 0 aromatic carbocycles. The Bertz CT molecular complexity index is 331. The monoisotopic (exact) mass is 222 g/mol. The molecule has 13 heavy (non-hydrogen) atoms. The highest BCUT2D eigenvalue weighted by Crippen LogP contribution is 2.18. The molecule has 1 heterocycles. The van der Waals surface area contributed by atoms with Gasteiger partial charge in [0.1, 0.15) is 11.6 Å². The van der Waals surface area contributed by atoms with Crippen LogP contribution in [0.2, 0.25) is 5.15 Å². The molecule has 0 aliphatic heterocycles. The number of hydrogen-bond acceptors (Lipinski definition) is 3. The lowest BCUT2D eigenvalue weighted by Gasteiger charge is -2.08. The summed E-state index contributed by atoms with van der Waals surface area (Å²) in [6.45, 7) is 1.62. The first-order chi connectivity index (χ1) is 6.11. The lowest BCUT2D eigenvalue weighted by molar-refractivity contribution is -0.612. The van der Waals surface area contributed by atoms with Gasteiger partial charge >= 0.3 is 5.15 Å². The molecule has 0 fully saturated rings. The first-order valence-electron chi connectivity index (χ1n) is 3.50. The molecule has 0 atom stereocenters. The number of halogens is 2. The normalized spacial score (nSPS) is 10.2. The summed E-state index contributed by atoms with van der Waals surface area (Å²) < 4.78 is 5.40. The fraction of sp³-hybridized carbons (Fsp3) is 0.429. The first kappa shape index (κ1) is 10.3. The number of hydrogen-bond donors (Lipinski definition) is 0. The number of nitrogens with zero attached hydrogens (tertiary/aromatic N) is 2. The van der Waals surface area contributed by atoms with E-state index in [0.29, 0.717) is 10.4 Å². The molecule has 1 aromatic heterocycles. The summed E-state index contributed by atoms with van der Waals surface area (Å²) in [5.41, 5.74) is 0.641. The highest BCUT2D eigenvalue weighted by molar-refractivity contribution is 6.29. The Balaban J connectivity index is 3.39. The van der Waals surface area contributed by atoms with Gasteiger partial charge in [0.2, 0.25) is 0 Å². The first-order valence-corrected chi connectivity index (χ1v) is 4.41. The maximum atomic E-state index is 11.4. The number of alkyl halides is 1. The second-order valence-corrected chi connectivity index (χ2v) is 3.00. The molecular formula is C7H8Cl2N2O2. The van der Waals surface area contributed by atoms with Crippen molar-refractivity contribution in [1.29, 1.82) is 0 Å². The fourth-order valence-electron chi connectivity index (χ4n) is 0.890. The number of ether oxygens (including phenoxy) is 1. The molecule has 0 spiro atoms. The average molecular weight is 223 g/mol. The third-order valence-electron chi connectivity index (χ3n) is 1.56. The Morgan fingerprint density at radius 1 is 1.62 bits per heavy atom. The lowest BCUT2D eigenvalue weighted by Crippen LogP contribution is -2.34. The van der Waals surface area contributed by atoms with Crippen LogP contribution in [0, 0.1) is 12.1 Å². The van der Waals surface area contributed by atoms with Crippen molar-refractivity contribution >= 4 is 23.2 Å². The van der Waals surface area contributed by atoms with Crippen LogP contribution >= 0.6 is 23.2 Å². The van der Waals surface area contributed by atoms with Crippen molar-refractivity contribution in [2.24, 2.45) is 0 Å². The Labute approximate surface area is 85.6 Å². The number of methoxy groups -OCH3 is 1. The van der Waals surface area contributed by atoms with Gasteiger partial charge in [0.05, 0.1) is 7.11 Å². The Hall–Kier alpha value is -0.740. The Morgan fingerprint density at radius 3 is 2.69 bits per heavy atom. The average Bonchev–Trinajstić information content (AvgIpc) is 2.13. The summed E-state index contributed by atoms with van der Waals surface area (Å²) in [4.78, 5) is 3.96. The predicted octanol–water partition coefficient (Wildman–Crippen LogP) is 1.42. The zero-order chi connectivity index (χ0) is 10.0. The van der Waals surface area contributed by atoms with Crippen molar-refractivity contribution < 1.29 is 9.47 Å². The van der Waals surface area contributed by atoms with E-state index >= 15 is 0 Å². The third-order valence-corrected chi connectivity index (χ3v) is 2.24. The smallest absolute Gasteiger partial charge is 0.308 e. The zero-order valence-corrected chi connectivity index (χ0v) is 8.69. The zero-order valence-electron chi connectivity index (χ0n) is 7.17. The fourth-order valence-corrected chi connectivity index (χ4v) is 1.26. The van der Waals surface area contributed by atoms with E-state index in [4.69, 9.17) is 27.9 Å². The van der Waals surface area contributed by atoms with E-state index in [9.17, 15) is 5.21 Å². The van der Waals surface area contributed by atoms with Crippen LogP contribution < -0.4 is 9.47 Å². The van der Waals surface area contributed by atoms with E-state index in [2.05, 4.69) is 4.98 Å². The molecule has 0 aliphatic rings. The summed E-state index contributed by atoms with van der Waals surface area (Å²) in [5, 5.41) is 11.4. The summed E-state index contributed by atoms with van der Waals surface area (Å²) in [5.74, 6) is 0.228. The van der Waals surface area contributed by atoms with Crippen LogP contribution in [0.25, 0.3) is 0 Å². The molecule has 0 unspecified atom stereocenters. The lowest BCUT2D eigenvalue weighted by atomic mass is 10.4. The maximum absolute atomic E-state index is 11.4. The predicted molar refractivity (Wildman–Crippen MR) is 49.1 cm³/mol. The number of aryl methyl sites for hydroxylation is 1. The molecular weight excluding hydrogens is 215 g/mol. The van der Waals surface area contributed by atoms with Gasteiger partial charge in [0, 0.05) is 0 Å².